The van der Waals surface area contributed by atoms with Gasteiger partial charge < -0.3 is 10.2 Å². The quantitative estimate of drug-likeness (QED) is 0.920. The molecule has 1 heterocycles. The standard InChI is InChI=1S/C15H20F2N2O/c1-2-12-5-3-4-8-19(12)15(20)10-18-11-6-7-13(16)14(17)9-11/h6-7,9,12,18H,2-5,8,10H2,1H3. The van der Waals surface area contributed by atoms with Crippen LogP contribution in [0.15, 0.2) is 18.2 Å². The summed E-state index contributed by atoms with van der Waals surface area (Å²) in [6.45, 7) is 2.98. The largest absolute Gasteiger partial charge is 0.376 e. The Bertz CT molecular complexity index is 479. The molecule has 20 heavy (non-hydrogen) atoms. The smallest absolute Gasteiger partial charge is 0.242 e. The van der Waals surface area contributed by atoms with Crippen LogP contribution in [0.4, 0.5) is 14.5 Å². The van der Waals surface area contributed by atoms with Gasteiger partial charge in [-0.3, -0.25) is 4.79 Å². The van der Waals surface area contributed by atoms with E-state index >= 15 is 0 Å². The van der Waals surface area contributed by atoms with Crippen molar-refractivity contribution >= 4 is 11.6 Å². The summed E-state index contributed by atoms with van der Waals surface area (Å²) in [5.74, 6) is -1.78. The van der Waals surface area contributed by atoms with Gasteiger partial charge in [0.2, 0.25) is 5.91 Å². The van der Waals surface area contributed by atoms with Gasteiger partial charge >= 0.3 is 0 Å². The predicted octanol–water partition coefficient (Wildman–Crippen LogP) is 3.17. The molecule has 0 aromatic heterocycles. The molecule has 0 saturated carbocycles. The van der Waals surface area contributed by atoms with E-state index in [1.807, 2.05) is 4.90 Å². The number of carbonyl (C=O) groups is 1. The summed E-state index contributed by atoms with van der Waals surface area (Å²) in [5, 5.41) is 2.86. The molecule has 1 saturated heterocycles. The van der Waals surface area contributed by atoms with Gasteiger partial charge in [0.15, 0.2) is 11.6 Å². The van der Waals surface area contributed by atoms with Crippen LogP contribution >= 0.6 is 0 Å². The first-order chi connectivity index (χ1) is 9.61. The Kier molecular flexibility index (Phi) is 4.93. The summed E-state index contributed by atoms with van der Waals surface area (Å²) in [7, 11) is 0. The van der Waals surface area contributed by atoms with Crippen molar-refractivity contribution in [1.82, 2.24) is 4.90 Å². The van der Waals surface area contributed by atoms with Gasteiger partial charge in [-0.15, -0.1) is 0 Å². The van der Waals surface area contributed by atoms with E-state index < -0.39 is 11.6 Å². The molecule has 0 aliphatic carbocycles. The number of anilines is 1. The molecule has 1 aromatic carbocycles. The Balaban J connectivity index is 1.92. The number of carbonyl (C=O) groups excluding carboxylic acids is 1. The van der Waals surface area contributed by atoms with Gasteiger partial charge in [-0.05, 0) is 37.8 Å². The highest BCUT2D eigenvalue weighted by atomic mass is 19.2. The lowest BCUT2D eigenvalue weighted by Gasteiger charge is -2.35. The van der Waals surface area contributed by atoms with Gasteiger partial charge in [-0.2, -0.15) is 0 Å². The minimum atomic E-state index is -0.910. The second-order valence-corrected chi connectivity index (χ2v) is 5.13. The third-order valence-corrected chi connectivity index (χ3v) is 3.78. The molecule has 2 rings (SSSR count). The Labute approximate surface area is 118 Å². The van der Waals surface area contributed by atoms with E-state index in [1.54, 1.807) is 0 Å². The van der Waals surface area contributed by atoms with Crippen molar-refractivity contribution in [3.63, 3.8) is 0 Å². The first kappa shape index (κ1) is 14.8. The molecule has 1 atom stereocenters. The normalized spacial score (nSPS) is 18.9. The Morgan fingerprint density at radius 2 is 2.15 bits per heavy atom. The summed E-state index contributed by atoms with van der Waals surface area (Å²) < 4.78 is 25.9. The van der Waals surface area contributed by atoms with Crippen molar-refractivity contribution in [2.75, 3.05) is 18.4 Å². The second kappa shape index (κ2) is 6.68. The topological polar surface area (TPSA) is 32.3 Å². The molecule has 1 aliphatic rings. The third-order valence-electron chi connectivity index (χ3n) is 3.78. The van der Waals surface area contributed by atoms with Crippen LogP contribution < -0.4 is 5.32 Å². The molecule has 5 heteroatoms. The zero-order chi connectivity index (χ0) is 14.5. The predicted molar refractivity (Wildman–Crippen MR) is 74.5 cm³/mol. The number of nitrogens with one attached hydrogen (secondary N) is 1. The summed E-state index contributed by atoms with van der Waals surface area (Å²) in [6.07, 6.45) is 4.20. The zero-order valence-corrected chi connectivity index (χ0v) is 11.7. The van der Waals surface area contributed by atoms with Crippen molar-refractivity contribution in [3.8, 4) is 0 Å². The van der Waals surface area contributed by atoms with Crippen molar-refractivity contribution in [3.05, 3.63) is 29.8 Å². The van der Waals surface area contributed by atoms with Crippen molar-refractivity contribution in [2.24, 2.45) is 0 Å². The van der Waals surface area contributed by atoms with Crippen LogP contribution in [0.25, 0.3) is 0 Å². The number of nitrogens with zero attached hydrogens (tertiary/aromatic N) is 1. The molecule has 3 nitrogen and oxygen atoms in total. The van der Waals surface area contributed by atoms with E-state index in [1.165, 1.54) is 12.5 Å². The molecule has 1 N–H and O–H groups in total. The molecular formula is C15H20F2N2O. The maximum Gasteiger partial charge on any atom is 0.242 e. The highest BCUT2D eigenvalue weighted by Gasteiger charge is 2.24. The van der Waals surface area contributed by atoms with Crippen molar-refractivity contribution in [2.45, 2.75) is 38.6 Å². The monoisotopic (exact) mass is 282 g/mol. The molecule has 1 amide bonds. The number of benzene rings is 1. The Morgan fingerprint density at radius 3 is 2.85 bits per heavy atom. The fraction of sp³-hybridized carbons (Fsp3) is 0.533. The summed E-state index contributed by atoms with van der Waals surface area (Å²) in [5.41, 5.74) is 0.419. The minimum Gasteiger partial charge on any atom is -0.376 e. The molecule has 1 fully saturated rings. The van der Waals surface area contributed by atoms with E-state index in [9.17, 15) is 13.6 Å². The maximum atomic E-state index is 13.1. The Hall–Kier alpha value is -1.65. The van der Waals surface area contributed by atoms with E-state index in [0.29, 0.717) is 11.7 Å². The summed E-state index contributed by atoms with van der Waals surface area (Å²) in [6, 6.07) is 3.86. The van der Waals surface area contributed by atoms with Crippen LogP contribution in [0.3, 0.4) is 0 Å². The lowest BCUT2D eigenvalue weighted by Crippen LogP contribution is -2.45. The number of hydrogen-bond donors (Lipinski definition) is 1. The molecule has 1 aliphatic heterocycles. The van der Waals surface area contributed by atoms with Gasteiger partial charge in [0, 0.05) is 24.3 Å². The number of rotatable bonds is 4. The average molecular weight is 282 g/mol. The van der Waals surface area contributed by atoms with Crippen molar-refractivity contribution in [1.29, 1.82) is 0 Å². The molecule has 1 unspecified atom stereocenters. The molecule has 110 valence electrons. The molecule has 0 spiro atoms. The summed E-state index contributed by atoms with van der Waals surface area (Å²) >= 11 is 0. The highest BCUT2D eigenvalue weighted by Crippen LogP contribution is 2.20. The van der Waals surface area contributed by atoms with Gasteiger partial charge in [0.1, 0.15) is 0 Å². The van der Waals surface area contributed by atoms with Crippen molar-refractivity contribution < 1.29 is 13.6 Å². The molecule has 0 radical (unpaired) electrons. The van der Waals surface area contributed by atoms with Gasteiger partial charge in [0.25, 0.3) is 0 Å². The van der Waals surface area contributed by atoms with Gasteiger partial charge in [-0.1, -0.05) is 6.92 Å². The van der Waals surface area contributed by atoms with Crippen LogP contribution in [-0.4, -0.2) is 29.9 Å². The second-order valence-electron chi connectivity index (χ2n) is 5.13. The molecule has 0 bridgehead atoms. The van der Waals surface area contributed by atoms with Crippen LogP contribution in [0.1, 0.15) is 32.6 Å². The third kappa shape index (κ3) is 3.46. The van der Waals surface area contributed by atoms with Gasteiger partial charge in [-0.25, -0.2) is 8.78 Å². The fourth-order valence-electron chi connectivity index (χ4n) is 2.64. The number of hydrogen-bond acceptors (Lipinski definition) is 2. The number of amides is 1. The van der Waals surface area contributed by atoms with E-state index in [2.05, 4.69) is 12.2 Å². The maximum absolute atomic E-state index is 13.1. The minimum absolute atomic E-state index is 0.0151. The zero-order valence-electron chi connectivity index (χ0n) is 11.7. The number of likely N-dealkylation sites (tertiary alicyclic amines) is 1. The van der Waals surface area contributed by atoms with E-state index in [0.717, 1.165) is 37.9 Å². The molecule has 1 aromatic rings. The number of halogens is 2. The number of piperidine rings is 1. The highest BCUT2D eigenvalue weighted by molar-refractivity contribution is 5.81. The SMILES string of the molecule is CCC1CCCCN1C(=O)CNc1ccc(F)c(F)c1. The van der Waals surface area contributed by atoms with E-state index in [4.69, 9.17) is 0 Å². The van der Waals surface area contributed by atoms with Crippen LogP contribution in [-0.2, 0) is 4.79 Å². The van der Waals surface area contributed by atoms with Gasteiger partial charge in [0.05, 0.1) is 6.54 Å². The lowest BCUT2D eigenvalue weighted by atomic mass is 10.00. The molecular weight excluding hydrogens is 262 g/mol. The summed E-state index contributed by atoms with van der Waals surface area (Å²) in [4.78, 5) is 14.1. The first-order valence-electron chi connectivity index (χ1n) is 7.10. The Morgan fingerprint density at radius 1 is 1.35 bits per heavy atom. The van der Waals surface area contributed by atoms with E-state index in [-0.39, 0.29) is 12.5 Å². The lowest BCUT2D eigenvalue weighted by molar-refractivity contribution is -0.133. The average Bonchev–Trinajstić information content (AvgIpc) is 2.48. The first-order valence-corrected chi connectivity index (χ1v) is 7.10. The van der Waals surface area contributed by atoms with Crippen LogP contribution in [0.5, 0.6) is 0 Å². The van der Waals surface area contributed by atoms with Crippen LogP contribution in [0, 0.1) is 11.6 Å². The fourth-order valence-corrected chi connectivity index (χ4v) is 2.64. The van der Waals surface area contributed by atoms with Crippen LogP contribution in [0.2, 0.25) is 0 Å².